The third-order valence-electron chi connectivity index (χ3n) is 4.33. The van der Waals surface area contributed by atoms with Gasteiger partial charge in [-0.05, 0) is 37.0 Å². The molecule has 2 unspecified atom stereocenters. The molecule has 1 saturated heterocycles. The van der Waals surface area contributed by atoms with Crippen molar-refractivity contribution in [2.24, 2.45) is 5.92 Å². The first-order valence-electron chi connectivity index (χ1n) is 7.38. The first-order chi connectivity index (χ1) is 10.1. The number of likely N-dealkylation sites (tertiary alicyclic amines) is 1. The molecular formula is C16H19FN2O2. The highest BCUT2D eigenvalue weighted by atomic mass is 19.1. The number of nitrogens with one attached hydrogen (secondary N) is 1. The Morgan fingerprint density at radius 3 is 2.52 bits per heavy atom. The number of hydrogen-bond donors (Lipinski definition) is 1. The van der Waals surface area contributed by atoms with Gasteiger partial charge in [0.05, 0.1) is 12.0 Å². The molecular weight excluding hydrogens is 271 g/mol. The van der Waals surface area contributed by atoms with Gasteiger partial charge in [0, 0.05) is 19.5 Å². The van der Waals surface area contributed by atoms with E-state index in [1.54, 1.807) is 24.1 Å². The number of halogens is 1. The number of piperidine rings is 1. The molecule has 1 aliphatic carbocycles. The number of amides is 2. The topological polar surface area (TPSA) is 49.4 Å². The standard InChI is InChI=1S/C16H19FN2O2/c1-19-14(20)9-8-13(16(21)18-12-6-7-12)15(19)10-2-4-11(17)5-3-10/h2-5,12-13,15H,6-9H2,1H3,(H,18,21). The molecule has 1 aromatic rings. The molecule has 5 heteroatoms. The van der Waals surface area contributed by atoms with Crippen molar-refractivity contribution in [2.45, 2.75) is 37.8 Å². The lowest BCUT2D eigenvalue weighted by molar-refractivity contribution is -0.141. The van der Waals surface area contributed by atoms with Crippen molar-refractivity contribution in [2.75, 3.05) is 7.05 Å². The van der Waals surface area contributed by atoms with Gasteiger partial charge in [-0.15, -0.1) is 0 Å². The highest BCUT2D eigenvalue weighted by molar-refractivity contribution is 5.85. The molecule has 2 aliphatic rings. The Bertz CT molecular complexity index is 554. The Balaban J connectivity index is 1.86. The normalized spacial score (nSPS) is 25.8. The number of hydrogen-bond acceptors (Lipinski definition) is 2. The molecule has 0 spiro atoms. The zero-order valence-corrected chi connectivity index (χ0v) is 12.0. The molecule has 112 valence electrons. The number of rotatable bonds is 3. The molecule has 21 heavy (non-hydrogen) atoms. The van der Waals surface area contributed by atoms with Crippen molar-refractivity contribution >= 4 is 11.8 Å². The van der Waals surface area contributed by atoms with Crippen molar-refractivity contribution < 1.29 is 14.0 Å². The maximum absolute atomic E-state index is 13.1. The Morgan fingerprint density at radius 2 is 1.90 bits per heavy atom. The molecule has 1 N–H and O–H groups in total. The minimum absolute atomic E-state index is 0.00572. The average molecular weight is 290 g/mol. The predicted molar refractivity (Wildman–Crippen MR) is 75.8 cm³/mol. The maximum Gasteiger partial charge on any atom is 0.225 e. The van der Waals surface area contributed by atoms with Crippen LogP contribution in [0.2, 0.25) is 0 Å². The van der Waals surface area contributed by atoms with Crippen LogP contribution in [-0.4, -0.2) is 29.8 Å². The van der Waals surface area contributed by atoms with E-state index in [1.165, 1.54) is 12.1 Å². The lowest BCUT2D eigenvalue weighted by Crippen LogP contribution is -2.46. The molecule has 2 fully saturated rings. The largest absolute Gasteiger partial charge is 0.353 e. The Labute approximate surface area is 123 Å². The van der Waals surface area contributed by atoms with Gasteiger partial charge in [-0.1, -0.05) is 12.1 Å². The number of carbonyl (C=O) groups is 2. The highest BCUT2D eigenvalue weighted by Crippen LogP contribution is 2.36. The lowest BCUT2D eigenvalue weighted by Gasteiger charge is -2.38. The van der Waals surface area contributed by atoms with E-state index < -0.39 is 0 Å². The SMILES string of the molecule is CN1C(=O)CCC(C(=O)NC2CC2)C1c1ccc(F)cc1. The fourth-order valence-corrected chi connectivity index (χ4v) is 2.96. The first-order valence-corrected chi connectivity index (χ1v) is 7.38. The van der Waals surface area contributed by atoms with Gasteiger partial charge in [-0.3, -0.25) is 9.59 Å². The quantitative estimate of drug-likeness (QED) is 0.926. The third kappa shape index (κ3) is 2.91. The van der Waals surface area contributed by atoms with Crippen LogP contribution in [0, 0.1) is 11.7 Å². The summed E-state index contributed by atoms with van der Waals surface area (Å²) in [4.78, 5) is 26.0. The van der Waals surface area contributed by atoms with Crippen LogP contribution in [0.4, 0.5) is 4.39 Å². The van der Waals surface area contributed by atoms with Crippen molar-refractivity contribution in [1.29, 1.82) is 0 Å². The first kappa shape index (κ1) is 14.0. The van der Waals surface area contributed by atoms with Crippen LogP contribution in [0.15, 0.2) is 24.3 Å². The fraction of sp³-hybridized carbons (Fsp3) is 0.500. The maximum atomic E-state index is 13.1. The molecule has 2 atom stereocenters. The summed E-state index contributed by atoms with van der Waals surface area (Å²) in [5, 5.41) is 3.02. The average Bonchev–Trinajstić information content (AvgIpc) is 3.27. The van der Waals surface area contributed by atoms with Crippen LogP contribution in [0.5, 0.6) is 0 Å². The van der Waals surface area contributed by atoms with Gasteiger partial charge in [0.25, 0.3) is 0 Å². The zero-order chi connectivity index (χ0) is 15.0. The van der Waals surface area contributed by atoms with Crippen LogP contribution in [0.3, 0.4) is 0 Å². The molecule has 1 heterocycles. The second-order valence-electron chi connectivity index (χ2n) is 5.93. The Kier molecular flexibility index (Phi) is 3.66. The summed E-state index contributed by atoms with van der Waals surface area (Å²) < 4.78 is 13.1. The molecule has 4 nitrogen and oxygen atoms in total. The summed E-state index contributed by atoms with van der Waals surface area (Å²) in [6.07, 6.45) is 3.00. The predicted octanol–water partition coefficient (Wildman–Crippen LogP) is 2.01. The smallest absolute Gasteiger partial charge is 0.225 e. The summed E-state index contributed by atoms with van der Waals surface area (Å²) in [5.74, 6) is -0.549. The summed E-state index contributed by atoms with van der Waals surface area (Å²) in [5.41, 5.74) is 0.808. The van der Waals surface area contributed by atoms with Crippen molar-refractivity contribution in [1.82, 2.24) is 10.2 Å². The van der Waals surface area contributed by atoms with Crippen LogP contribution in [0.25, 0.3) is 0 Å². The molecule has 0 radical (unpaired) electrons. The summed E-state index contributed by atoms with van der Waals surface area (Å²) in [7, 11) is 1.72. The monoisotopic (exact) mass is 290 g/mol. The number of carbonyl (C=O) groups excluding carboxylic acids is 2. The van der Waals surface area contributed by atoms with Gasteiger partial charge in [0.1, 0.15) is 5.82 Å². The minimum Gasteiger partial charge on any atom is -0.353 e. The molecule has 1 aromatic carbocycles. The van der Waals surface area contributed by atoms with E-state index in [9.17, 15) is 14.0 Å². The van der Waals surface area contributed by atoms with Crippen LogP contribution in [0.1, 0.15) is 37.3 Å². The lowest BCUT2D eigenvalue weighted by atomic mass is 9.84. The molecule has 1 aliphatic heterocycles. The van der Waals surface area contributed by atoms with Gasteiger partial charge in [0.2, 0.25) is 11.8 Å². The van der Waals surface area contributed by atoms with E-state index in [1.807, 2.05) is 0 Å². The van der Waals surface area contributed by atoms with Gasteiger partial charge >= 0.3 is 0 Å². The summed E-state index contributed by atoms with van der Waals surface area (Å²) in [6, 6.07) is 6.05. The highest BCUT2D eigenvalue weighted by Gasteiger charge is 2.40. The second-order valence-corrected chi connectivity index (χ2v) is 5.93. The molecule has 0 aromatic heterocycles. The number of benzene rings is 1. The molecule has 2 amide bonds. The van der Waals surface area contributed by atoms with E-state index in [2.05, 4.69) is 5.32 Å². The van der Waals surface area contributed by atoms with Crippen molar-refractivity contribution in [3.05, 3.63) is 35.6 Å². The van der Waals surface area contributed by atoms with Gasteiger partial charge < -0.3 is 10.2 Å². The molecule has 0 bridgehead atoms. The fourth-order valence-electron chi connectivity index (χ4n) is 2.96. The van der Waals surface area contributed by atoms with E-state index in [-0.39, 0.29) is 29.6 Å². The summed E-state index contributed by atoms with van der Waals surface area (Å²) in [6.45, 7) is 0. The van der Waals surface area contributed by atoms with Crippen LogP contribution >= 0.6 is 0 Å². The van der Waals surface area contributed by atoms with Crippen LogP contribution in [-0.2, 0) is 9.59 Å². The van der Waals surface area contributed by atoms with E-state index in [0.29, 0.717) is 18.9 Å². The van der Waals surface area contributed by atoms with E-state index >= 15 is 0 Å². The van der Waals surface area contributed by atoms with E-state index in [4.69, 9.17) is 0 Å². The van der Waals surface area contributed by atoms with Crippen molar-refractivity contribution in [3.8, 4) is 0 Å². The van der Waals surface area contributed by atoms with Gasteiger partial charge in [-0.25, -0.2) is 4.39 Å². The second kappa shape index (κ2) is 5.47. The third-order valence-corrected chi connectivity index (χ3v) is 4.33. The Morgan fingerprint density at radius 1 is 1.24 bits per heavy atom. The Hall–Kier alpha value is -1.91. The minimum atomic E-state index is -0.317. The van der Waals surface area contributed by atoms with Crippen molar-refractivity contribution in [3.63, 3.8) is 0 Å². The van der Waals surface area contributed by atoms with E-state index in [0.717, 1.165) is 18.4 Å². The summed E-state index contributed by atoms with van der Waals surface area (Å²) >= 11 is 0. The molecule has 3 rings (SSSR count). The van der Waals surface area contributed by atoms with Gasteiger partial charge in [0.15, 0.2) is 0 Å². The van der Waals surface area contributed by atoms with Crippen LogP contribution < -0.4 is 5.32 Å². The van der Waals surface area contributed by atoms with Gasteiger partial charge in [-0.2, -0.15) is 0 Å². The number of nitrogens with zero attached hydrogens (tertiary/aromatic N) is 1. The molecule has 1 saturated carbocycles. The zero-order valence-electron chi connectivity index (χ0n) is 12.0.